The number of thioether (sulfide) groups is 1. The van der Waals surface area contributed by atoms with Crippen LogP contribution in [0.3, 0.4) is 0 Å². The second kappa shape index (κ2) is 8.19. The minimum atomic E-state index is 0.778. The van der Waals surface area contributed by atoms with Crippen LogP contribution in [0.4, 0.5) is 0 Å². The molecule has 7 heteroatoms. The Hall–Kier alpha value is -1.02. The van der Waals surface area contributed by atoms with Gasteiger partial charge in [-0.15, -0.1) is 16.4 Å². The van der Waals surface area contributed by atoms with Gasteiger partial charge in [0.15, 0.2) is 8.29 Å². The second-order valence-corrected chi connectivity index (χ2v) is 8.79. The van der Waals surface area contributed by atoms with E-state index in [1.165, 1.54) is 17.8 Å². The highest BCUT2D eigenvalue weighted by molar-refractivity contribution is 8.00. The molecule has 3 nitrogen and oxygen atoms in total. The van der Waals surface area contributed by atoms with Gasteiger partial charge in [0.25, 0.3) is 0 Å². The van der Waals surface area contributed by atoms with Crippen molar-refractivity contribution in [2.75, 3.05) is 0 Å². The Labute approximate surface area is 153 Å². The summed E-state index contributed by atoms with van der Waals surface area (Å²) in [5.41, 5.74) is 2.15. The van der Waals surface area contributed by atoms with E-state index in [2.05, 4.69) is 17.4 Å². The third-order valence-corrected chi connectivity index (χ3v) is 6.57. The number of benzene rings is 1. The van der Waals surface area contributed by atoms with Gasteiger partial charge in [-0.25, -0.2) is 9.67 Å². The molecule has 1 aromatic carbocycles. The molecular formula is C16H17N3S4. The summed E-state index contributed by atoms with van der Waals surface area (Å²) in [7, 11) is 0. The van der Waals surface area contributed by atoms with Gasteiger partial charge in [-0.2, -0.15) is 0 Å². The molecule has 23 heavy (non-hydrogen) atoms. The number of hydrogen-bond donors (Lipinski definition) is 0. The van der Waals surface area contributed by atoms with Gasteiger partial charge in [0.2, 0.25) is 0 Å². The van der Waals surface area contributed by atoms with Crippen LogP contribution in [0, 0.1) is 3.95 Å². The Morgan fingerprint density at radius 3 is 2.87 bits per heavy atom. The lowest BCUT2D eigenvalue weighted by Gasteiger charge is -1.98. The van der Waals surface area contributed by atoms with Gasteiger partial charge in [-0.05, 0) is 37.2 Å². The number of hydrogen-bond acceptors (Lipinski definition) is 6. The number of rotatable bonds is 7. The fourth-order valence-corrected chi connectivity index (χ4v) is 5.24. The maximum Gasteiger partial charge on any atom is 0.184 e. The summed E-state index contributed by atoms with van der Waals surface area (Å²) in [6.45, 7) is 2.21. The Bertz CT molecular complexity index is 804. The van der Waals surface area contributed by atoms with E-state index in [-0.39, 0.29) is 0 Å². The predicted molar refractivity (Wildman–Crippen MR) is 103 cm³/mol. The zero-order chi connectivity index (χ0) is 16.1. The maximum atomic E-state index is 5.43. The van der Waals surface area contributed by atoms with Crippen LogP contribution in [0.15, 0.2) is 40.1 Å². The minimum Gasteiger partial charge on any atom is -0.245 e. The van der Waals surface area contributed by atoms with Crippen molar-refractivity contribution in [3.63, 3.8) is 0 Å². The second-order valence-electron chi connectivity index (χ2n) is 5.01. The van der Waals surface area contributed by atoms with E-state index < -0.39 is 0 Å². The SMILES string of the molecule is CCCCc1nc(CSc2nn(-c3ccccc3)c(=S)s2)cs1. The van der Waals surface area contributed by atoms with E-state index in [0.717, 1.165) is 31.8 Å². The normalized spacial score (nSPS) is 11.0. The van der Waals surface area contributed by atoms with Crippen molar-refractivity contribution < 1.29 is 0 Å². The summed E-state index contributed by atoms with van der Waals surface area (Å²) in [4.78, 5) is 4.69. The zero-order valence-electron chi connectivity index (χ0n) is 12.8. The molecule has 3 rings (SSSR count). The van der Waals surface area contributed by atoms with Crippen molar-refractivity contribution in [2.24, 2.45) is 0 Å². The summed E-state index contributed by atoms with van der Waals surface area (Å²) in [6.07, 6.45) is 3.51. The van der Waals surface area contributed by atoms with Crippen LogP contribution in [-0.2, 0) is 12.2 Å². The molecule has 0 aliphatic heterocycles. The van der Waals surface area contributed by atoms with E-state index >= 15 is 0 Å². The van der Waals surface area contributed by atoms with Gasteiger partial charge in [-0.3, -0.25) is 0 Å². The lowest BCUT2D eigenvalue weighted by atomic mass is 10.3. The number of aryl methyl sites for hydroxylation is 1. The standard InChI is InChI=1S/C16H17N3S4/c1-2-3-9-14-17-12(10-21-14)11-22-15-18-19(16(20)23-15)13-7-5-4-6-8-13/h4-8,10H,2-3,9,11H2,1H3. The molecule has 0 amide bonds. The summed E-state index contributed by atoms with van der Waals surface area (Å²) in [6, 6.07) is 10.0. The van der Waals surface area contributed by atoms with Crippen molar-refractivity contribution in [1.29, 1.82) is 0 Å². The van der Waals surface area contributed by atoms with Gasteiger partial charge in [-0.1, -0.05) is 54.6 Å². The van der Waals surface area contributed by atoms with Gasteiger partial charge in [0, 0.05) is 11.1 Å². The molecule has 0 aliphatic carbocycles. The number of aromatic nitrogens is 3. The Balaban J connectivity index is 1.65. The Morgan fingerprint density at radius 1 is 1.26 bits per heavy atom. The van der Waals surface area contributed by atoms with E-state index in [1.807, 2.05) is 35.0 Å². The average molecular weight is 380 g/mol. The molecule has 3 aromatic rings. The van der Waals surface area contributed by atoms with Crippen molar-refractivity contribution in [3.05, 3.63) is 50.4 Å². The van der Waals surface area contributed by atoms with E-state index in [4.69, 9.17) is 17.2 Å². The maximum absolute atomic E-state index is 5.43. The van der Waals surface area contributed by atoms with E-state index in [0.29, 0.717) is 0 Å². The fourth-order valence-electron chi connectivity index (χ4n) is 2.05. The van der Waals surface area contributed by atoms with Crippen molar-refractivity contribution >= 4 is 46.7 Å². The van der Waals surface area contributed by atoms with Crippen molar-refractivity contribution in [1.82, 2.24) is 14.8 Å². The van der Waals surface area contributed by atoms with E-state index in [1.54, 1.807) is 34.4 Å². The highest BCUT2D eigenvalue weighted by Crippen LogP contribution is 2.27. The molecule has 0 saturated carbocycles. The first-order chi connectivity index (χ1) is 11.3. The predicted octanol–water partition coefficient (Wildman–Crippen LogP) is 5.75. The molecule has 0 fully saturated rings. The van der Waals surface area contributed by atoms with Gasteiger partial charge >= 0.3 is 0 Å². The lowest BCUT2D eigenvalue weighted by molar-refractivity contribution is 0.788. The minimum absolute atomic E-state index is 0.778. The summed E-state index contributed by atoms with van der Waals surface area (Å²) >= 11 is 10.5. The molecule has 2 heterocycles. The summed E-state index contributed by atoms with van der Waals surface area (Å²) < 4.78 is 3.60. The smallest absolute Gasteiger partial charge is 0.184 e. The molecule has 0 aliphatic rings. The quantitative estimate of drug-likeness (QED) is 0.386. The Kier molecular flexibility index (Phi) is 5.99. The first kappa shape index (κ1) is 16.8. The third kappa shape index (κ3) is 4.50. The van der Waals surface area contributed by atoms with Crippen LogP contribution < -0.4 is 0 Å². The van der Waals surface area contributed by atoms with Gasteiger partial charge in [0.1, 0.15) is 0 Å². The fraction of sp³-hybridized carbons (Fsp3) is 0.312. The van der Waals surface area contributed by atoms with Crippen molar-refractivity contribution in [2.45, 2.75) is 36.3 Å². The topological polar surface area (TPSA) is 30.7 Å². The first-order valence-electron chi connectivity index (χ1n) is 7.48. The number of thiazole rings is 1. The average Bonchev–Trinajstić information content (AvgIpc) is 3.18. The molecule has 0 saturated heterocycles. The highest BCUT2D eigenvalue weighted by atomic mass is 32.2. The van der Waals surface area contributed by atoms with Crippen LogP contribution in [-0.4, -0.2) is 14.8 Å². The molecule has 2 aromatic heterocycles. The molecule has 0 atom stereocenters. The third-order valence-electron chi connectivity index (χ3n) is 3.22. The van der Waals surface area contributed by atoms with Gasteiger partial charge < -0.3 is 0 Å². The van der Waals surface area contributed by atoms with Crippen LogP contribution in [0.5, 0.6) is 0 Å². The molecule has 120 valence electrons. The lowest BCUT2D eigenvalue weighted by Crippen LogP contribution is -1.95. The summed E-state index contributed by atoms with van der Waals surface area (Å²) in [5, 5.41) is 8.02. The first-order valence-corrected chi connectivity index (χ1v) is 10.6. The largest absolute Gasteiger partial charge is 0.245 e. The van der Waals surface area contributed by atoms with E-state index in [9.17, 15) is 0 Å². The molecule has 0 N–H and O–H groups in total. The summed E-state index contributed by atoms with van der Waals surface area (Å²) in [5.74, 6) is 0.847. The van der Waals surface area contributed by atoms with Crippen LogP contribution in [0.2, 0.25) is 0 Å². The van der Waals surface area contributed by atoms with Crippen molar-refractivity contribution in [3.8, 4) is 5.69 Å². The molecule has 0 spiro atoms. The zero-order valence-corrected chi connectivity index (χ0v) is 16.0. The molecule has 0 radical (unpaired) electrons. The molecule has 0 bridgehead atoms. The molecular weight excluding hydrogens is 362 g/mol. The van der Waals surface area contributed by atoms with Crippen LogP contribution in [0.1, 0.15) is 30.5 Å². The van der Waals surface area contributed by atoms with Crippen LogP contribution >= 0.6 is 46.7 Å². The highest BCUT2D eigenvalue weighted by Gasteiger charge is 2.08. The molecule has 0 unspecified atom stereocenters. The number of para-hydroxylation sites is 1. The Morgan fingerprint density at radius 2 is 2.09 bits per heavy atom. The number of nitrogens with zero attached hydrogens (tertiary/aromatic N) is 3. The monoisotopic (exact) mass is 379 g/mol. The van der Waals surface area contributed by atoms with Gasteiger partial charge in [0.05, 0.1) is 16.4 Å². The van der Waals surface area contributed by atoms with Crippen LogP contribution in [0.25, 0.3) is 5.69 Å². The number of unbranched alkanes of at least 4 members (excludes halogenated alkanes) is 1.